The topological polar surface area (TPSA) is 53.4 Å². The van der Waals surface area contributed by atoms with Crippen molar-refractivity contribution in [2.45, 2.75) is 31.9 Å². The fraction of sp³-hybridized carbons (Fsp3) is 0.429. The Morgan fingerprint density at radius 1 is 1.14 bits per heavy atom. The molecule has 1 N–H and O–H groups in total. The van der Waals surface area contributed by atoms with Crippen molar-refractivity contribution in [3.8, 4) is 0 Å². The zero-order valence-electron chi connectivity index (χ0n) is 15.4. The molecule has 2 aromatic rings. The van der Waals surface area contributed by atoms with Gasteiger partial charge in [-0.25, -0.2) is 9.78 Å². The molecule has 4 rings (SSSR count). The van der Waals surface area contributed by atoms with E-state index in [2.05, 4.69) is 9.88 Å². The van der Waals surface area contributed by atoms with E-state index in [1.165, 1.54) is 18.2 Å². The van der Waals surface area contributed by atoms with Gasteiger partial charge >= 0.3 is 12.1 Å². The largest absolute Gasteiger partial charge is 0.477 e. The molecule has 1 saturated heterocycles. The van der Waals surface area contributed by atoms with Crippen LogP contribution in [-0.2, 0) is 6.18 Å². The van der Waals surface area contributed by atoms with Crippen molar-refractivity contribution in [1.29, 1.82) is 0 Å². The molecule has 2 fully saturated rings. The summed E-state index contributed by atoms with van der Waals surface area (Å²) in [6, 6.07) is 9.28. The second-order valence-corrected chi connectivity index (χ2v) is 7.87. The van der Waals surface area contributed by atoms with E-state index in [0.29, 0.717) is 49.1 Å². The van der Waals surface area contributed by atoms with Crippen molar-refractivity contribution in [2.24, 2.45) is 11.8 Å². The van der Waals surface area contributed by atoms with Crippen LogP contribution in [0.1, 0.15) is 45.9 Å². The molecule has 0 radical (unpaired) electrons. The molecular weight excluding hydrogens is 369 g/mol. The van der Waals surface area contributed by atoms with Crippen LogP contribution in [0.2, 0.25) is 0 Å². The number of hydrogen-bond acceptors (Lipinski definition) is 3. The van der Waals surface area contributed by atoms with Crippen molar-refractivity contribution in [2.75, 3.05) is 18.0 Å². The van der Waals surface area contributed by atoms with Gasteiger partial charge in [0.15, 0.2) is 5.69 Å². The lowest BCUT2D eigenvalue weighted by atomic mass is 9.91. The summed E-state index contributed by atoms with van der Waals surface area (Å²) >= 11 is 0. The Morgan fingerprint density at radius 3 is 2.39 bits per heavy atom. The van der Waals surface area contributed by atoms with Gasteiger partial charge in [-0.05, 0) is 66.8 Å². The first kappa shape index (κ1) is 18.8. The molecule has 1 aliphatic heterocycles. The third-order valence-corrected chi connectivity index (χ3v) is 5.96. The van der Waals surface area contributed by atoms with Crippen molar-refractivity contribution in [3.63, 3.8) is 0 Å². The number of carbonyl (C=O) groups is 1. The Kier molecular flexibility index (Phi) is 4.56. The highest BCUT2D eigenvalue weighted by atomic mass is 19.4. The highest BCUT2D eigenvalue weighted by molar-refractivity contribution is 5.86. The molecule has 1 aliphatic carbocycles. The number of carboxylic acid groups (broad SMARTS) is 1. The predicted octanol–water partition coefficient (Wildman–Crippen LogP) is 4.74. The molecule has 1 aromatic carbocycles. The quantitative estimate of drug-likeness (QED) is 0.823. The van der Waals surface area contributed by atoms with E-state index >= 15 is 0 Å². The molecule has 1 aromatic heterocycles. The second kappa shape index (κ2) is 6.79. The van der Waals surface area contributed by atoms with Crippen molar-refractivity contribution >= 4 is 11.8 Å². The third-order valence-electron chi connectivity index (χ3n) is 5.96. The highest BCUT2D eigenvalue weighted by Gasteiger charge is 2.44. The van der Waals surface area contributed by atoms with Gasteiger partial charge in [0.1, 0.15) is 5.82 Å². The average Bonchev–Trinajstić information content (AvgIpc) is 3.19. The Bertz CT molecular complexity index is 899. The van der Waals surface area contributed by atoms with Crippen LogP contribution in [-0.4, -0.2) is 29.1 Å². The summed E-state index contributed by atoms with van der Waals surface area (Å²) in [6.07, 6.45) is -2.91. The number of rotatable bonds is 3. The summed E-state index contributed by atoms with van der Waals surface area (Å²) < 4.78 is 40.1. The number of aromatic nitrogens is 1. The van der Waals surface area contributed by atoms with Gasteiger partial charge in [0.25, 0.3) is 0 Å². The molecule has 1 unspecified atom stereocenters. The highest BCUT2D eigenvalue weighted by Crippen LogP contribution is 2.49. The first-order valence-corrected chi connectivity index (χ1v) is 9.35. The Labute approximate surface area is 161 Å². The maximum atomic E-state index is 13.4. The summed E-state index contributed by atoms with van der Waals surface area (Å²) in [5.74, 6) is 0.0750. The molecule has 28 heavy (non-hydrogen) atoms. The summed E-state index contributed by atoms with van der Waals surface area (Å²) in [7, 11) is 0. The lowest BCUT2D eigenvalue weighted by Crippen LogP contribution is -2.23. The number of anilines is 1. The second-order valence-electron chi connectivity index (χ2n) is 7.87. The summed E-state index contributed by atoms with van der Waals surface area (Å²) in [5.41, 5.74) is 0.724. The number of benzene rings is 1. The number of nitrogens with zero attached hydrogens (tertiary/aromatic N) is 2. The number of halogens is 3. The Balaban J connectivity index is 1.51. The van der Waals surface area contributed by atoms with E-state index in [-0.39, 0.29) is 11.6 Å². The number of fused-ring (bicyclic) bond motifs is 1. The molecular formula is C21H21F3N2O2. The molecule has 2 heterocycles. The maximum Gasteiger partial charge on any atom is 0.416 e. The molecule has 7 heteroatoms. The normalized spacial score (nSPS) is 24.4. The Morgan fingerprint density at radius 2 is 1.79 bits per heavy atom. The maximum absolute atomic E-state index is 13.4. The number of alkyl halides is 3. The first-order valence-electron chi connectivity index (χ1n) is 9.35. The number of pyridine rings is 1. The van der Waals surface area contributed by atoms with Crippen LogP contribution < -0.4 is 4.90 Å². The van der Waals surface area contributed by atoms with Gasteiger partial charge in [-0.1, -0.05) is 18.2 Å². The van der Waals surface area contributed by atoms with Crippen LogP contribution in [0.5, 0.6) is 0 Å². The van der Waals surface area contributed by atoms with Crippen LogP contribution in [0, 0.1) is 18.8 Å². The van der Waals surface area contributed by atoms with E-state index in [9.17, 15) is 23.1 Å². The monoisotopic (exact) mass is 390 g/mol. The van der Waals surface area contributed by atoms with Gasteiger partial charge in [-0.15, -0.1) is 0 Å². The summed E-state index contributed by atoms with van der Waals surface area (Å²) in [6.45, 7) is 3.23. The van der Waals surface area contributed by atoms with Gasteiger partial charge in [0.05, 0.1) is 5.56 Å². The first-order chi connectivity index (χ1) is 13.2. The van der Waals surface area contributed by atoms with E-state index in [4.69, 9.17) is 0 Å². The molecule has 1 saturated carbocycles. The molecule has 148 valence electrons. The van der Waals surface area contributed by atoms with Gasteiger partial charge in [-0.3, -0.25) is 0 Å². The van der Waals surface area contributed by atoms with Gasteiger partial charge in [0.2, 0.25) is 0 Å². The van der Waals surface area contributed by atoms with Crippen LogP contribution >= 0.6 is 0 Å². The zero-order chi connectivity index (χ0) is 20.1. The van der Waals surface area contributed by atoms with Gasteiger partial charge in [0, 0.05) is 13.1 Å². The number of hydrogen-bond donors (Lipinski definition) is 1. The van der Waals surface area contributed by atoms with Crippen molar-refractivity contribution < 1.29 is 23.1 Å². The Hall–Kier alpha value is -2.57. The molecule has 4 nitrogen and oxygen atoms in total. The SMILES string of the molecule is Cc1cc(C(=O)O)nc(N2C[C@H]3CC(c4ccccc4C(F)(F)F)C[C@H]3C2)c1. The molecule has 3 atom stereocenters. The average molecular weight is 390 g/mol. The standard InChI is InChI=1S/C21H21F3N2O2/c1-12-6-18(20(27)28)25-19(7-12)26-10-14-8-13(9-15(14)11-26)16-4-2-3-5-17(16)21(22,23)24/h2-7,13-15H,8-11H2,1H3,(H,27,28)/t13?,14-,15+. The molecule has 2 aliphatic rings. The van der Waals surface area contributed by atoms with Crippen molar-refractivity contribution in [3.05, 3.63) is 58.8 Å². The van der Waals surface area contributed by atoms with E-state index in [1.54, 1.807) is 12.1 Å². The van der Waals surface area contributed by atoms with E-state index < -0.39 is 17.7 Å². The molecule has 0 bridgehead atoms. The lowest BCUT2D eigenvalue weighted by molar-refractivity contribution is -0.138. The van der Waals surface area contributed by atoms with Crippen LogP contribution in [0.4, 0.5) is 19.0 Å². The summed E-state index contributed by atoms with van der Waals surface area (Å²) in [5, 5.41) is 9.22. The number of carboxylic acids is 1. The minimum Gasteiger partial charge on any atom is -0.477 e. The fourth-order valence-corrected chi connectivity index (χ4v) is 4.77. The molecule has 0 amide bonds. The zero-order valence-corrected chi connectivity index (χ0v) is 15.4. The summed E-state index contributed by atoms with van der Waals surface area (Å²) in [4.78, 5) is 17.6. The van der Waals surface area contributed by atoms with Gasteiger partial charge in [-0.2, -0.15) is 13.2 Å². The van der Waals surface area contributed by atoms with E-state index in [1.807, 2.05) is 13.0 Å². The minimum atomic E-state index is -4.33. The fourth-order valence-electron chi connectivity index (χ4n) is 4.77. The minimum absolute atomic E-state index is 0.0176. The van der Waals surface area contributed by atoms with Crippen LogP contribution in [0.3, 0.4) is 0 Å². The van der Waals surface area contributed by atoms with E-state index in [0.717, 1.165) is 5.56 Å². The smallest absolute Gasteiger partial charge is 0.416 e. The van der Waals surface area contributed by atoms with Crippen molar-refractivity contribution in [1.82, 2.24) is 4.98 Å². The molecule has 0 spiro atoms. The predicted molar refractivity (Wildman–Crippen MR) is 98.5 cm³/mol. The third kappa shape index (κ3) is 3.45. The number of aryl methyl sites for hydroxylation is 1. The van der Waals surface area contributed by atoms with Crippen LogP contribution in [0.25, 0.3) is 0 Å². The number of aromatic carboxylic acids is 1. The van der Waals surface area contributed by atoms with Gasteiger partial charge < -0.3 is 10.0 Å². The lowest BCUT2D eigenvalue weighted by Gasteiger charge is -2.22. The van der Waals surface area contributed by atoms with Crippen LogP contribution in [0.15, 0.2) is 36.4 Å².